The minimum Gasteiger partial charge on any atom is -0.465 e. The van der Waals surface area contributed by atoms with E-state index in [0.717, 1.165) is 24.8 Å². The minimum absolute atomic E-state index is 0.166. The SMILES string of the molecule is CCCCCOC(=O)C1C(C)=NC(=O)NC1c1ccc2c(c1)OCO2. The summed E-state index contributed by atoms with van der Waals surface area (Å²) < 4.78 is 16.1. The lowest BCUT2D eigenvalue weighted by atomic mass is 9.88. The summed E-state index contributed by atoms with van der Waals surface area (Å²) >= 11 is 0. The van der Waals surface area contributed by atoms with Gasteiger partial charge < -0.3 is 19.5 Å². The average Bonchev–Trinajstić information content (AvgIpc) is 3.05. The van der Waals surface area contributed by atoms with Gasteiger partial charge in [0, 0.05) is 5.71 Å². The van der Waals surface area contributed by atoms with Crippen LogP contribution in [0.25, 0.3) is 0 Å². The molecule has 3 rings (SSSR count). The van der Waals surface area contributed by atoms with Crippen LogP contribution in [0.2, 0.25) is 0 Å². The average molecular weight is 346 g/mol. The van der Waals surface area contributed by atoms with Crippen molar-refractivity contribution in [2.24, 2.45) is 10.9 Å². The van der Waals surface area contributed by atoms with Gasteiger partial charge >= 0.3 is 12.0 Å². The molecule has 2 aliphatic rings. The molecule has 0 aromatic heterocycles. The van der Waals surface area contributed by atoms with E-state index in [0.29, 0.717) is 23.8 Å². The minimum atomic E-state index is -0.653. The second kappa shape index (κ2) is 7.55. The van der Waals surface area contributed by atoms with Crippen LogP contribution in [-0.4, -0.2) is 31.1 Å². The normalized spacial score (nSPS) is 21.5. The van der Waals surface area contributed by atoms with Crippen molar-refractivity contribution in [3.8, 4) is 11.5 Å². The van der Waals surface area contributed by atoms with Gasteiger partial charge in [0.05, 0.1) is 12.6 Å². The summed E-state index contributed by atoms with van der Waals surface area (Å²) in [5.74, 6) is 0.219. The van der Waals surface area contributed by atoms with Crippen LogP contribution in [0.3, 0.4) is 0 Å². The zero-order valence-corrected chi connectivity index (χ0v) is 14.4. The third-order valence-electron chi connectivity index (χ3n) is 4.34. The van der Waals surface area contributed by atoms with Crippen LogP contribution in [0.15, 0.2) is 23.2 Å². The van der Waals surface area contributed by atoms with E-state index in [1.807, 2.05) is 6.07 Å². The maximum Gasteiger partial charge on any atom is 0.341 e. The molecule has 0 aliphatic carbocycles. The third kappa shape index (κ3) is 3.75. The van der Waals surface area contributed by atoms with Crippen LogP contribution in [0.5, 0.6) is 11.5 Å². The van der Waals surface area contributed by atoms with Crippen LogP contribution < -0.4 is 14.8 Å². The highest BCUT2D eigenvalue weighted by Gasteiger charge is 2.38. The first kappa shape index (κ1) is 17.3. The maximum atomic E-state index is 12.6. The summed E-state index contributed by atoms with van der Waals surface area (Å²) in [6.07, 6.45) is 2.89. The molecule has 2 aliphatic heterocycles. The molecule has 0 radical (unpaired) electrons. The first-order valence-electron chi connectivity index (χ1n) is 8.52. The molecule has 1 aromatic carbocycles. The van der Waals surface area contributed by atoms with Gasteiger partial charge in [-0.25, -0.2) is 9.79 Å². The predicted molar refractivity (Wildman–Crippen MR) is 90.9 cm³/mol. The van der Waals surface area contributed by atoms with Gasteiger partial charge in [0.1, 0.15) is 5.92 Å². The molecule has 25 heavy (non-hydrogen) atoms. The lowest BCUT2D eigenvalue weighted by Gasteiger charge is -2.29. The van der Waals surface area contributed by atoms with Crippen LogP contribution in [0.4, 0.5) is 4.79 Å². The summed E-state index contributed by atoms with van der Waals surface area (Å²) in [7, 11) is 0. The Hall–Kier alpha value is -2.57. The van der Waals surface area contributed by atoms with Crippen molar-refractivity contribution < 1.29 is 23.8 Å². The van der Waals surface area contributed by atoms with E-state index < -0.39 is 18.0 Å². The number of rotatable bonds is 6. The van der Waals surface area contributed by atoms with Crippen LogP contribution in [0.1, 0.15) is 44.7 Å². The topological polar surface area (TPSA) is 86.2 Å². The molecule has 2 heterocycles. The van der Waals surface area contributed by atoms with Gasteiger partial charge in [0.15, 0.2) is 11.5 Å². The van der Waals surface area contributed by atoms with Crippen molar-refractivity contribution in [1.29, 1.82) is 0 Å². The number of hydrogen-bond acceptors (Lipinski definition) is 5. The number of aliphatic imine (C=N–C) groups is 1. The Kier molecular flexibility index (Phi) is 5.21. The molecule has 134 valence electrons. The Balaban J connectivity index is 1.81. The van der Waals surface area contributed by atoms with Gasteiger partial charge in [-0.15, -0.1) is 0 Å². The summed E-state index contributed by atoms with van der Waals surface area (Å²) in [6.45, 7) is 4.30. The second-order valence-corrected chi connectivity index (χ2v) is 6.15. The molecule has 0 bridgehead atoms. The standard InChI is InChI=1S/C18H22N2O5/c1-3-4-5-8-23-17(21)15-11(2)19-18(22)20-16(15)12-6-7-13-14(9-12)25-10-24-13/h6-7,9,15-16H,3-5,8,10H2,1-2H3,(H,20,22). The van der Waals surface area contributed by atoms with Gasteiger partial charge in [-0.3, -0.25) is 4.79 Å². The second-order valence-electron chi connectivity index (χ2n) is 6.15. The number of benzene rings is 1. The maximum absolute atomic E-state index is 12.6. The van der Waals surface area contributed by atoms with E-state index in [1.165, 1.54) is 0 Å². The Bertz CT molecular complexity index is 701. The first-order valence-corrected chi connectivity index (χ1v) is 8.52. The van der Waals surface area contributed by atoms with E-state index >= 15 is 0 Å². The zero-order valence-electron chi connectivity index (χ0n) is 14.4. The number of ether oxygens (including phenoxy) is 3. The monoisotopic (exact) mass is 346 g/mol. The van der Waals surface area contributed by atoms with Crippen LogP contribution in [0, 0.1) is 5.92 Å². The molecule has 2 unspecified atom stereocenters. The molecule has 1 aromatic rings. The van der Waals surface area contributed by atoms with Gasteiger partial charge in [0.2, 0.25) is 6.79 Å². The fraction of sp³-hybridized carbons (Fsp3) is 0.500. The highest BCUT2D eigenvalue weighted by atomic mass is 16.7. The summed E-state index contributed by atoms with van der Waals surface area (Å²) in [4.78, 5) is 28.3. The van der Waals surface area contributed by atoms with E-state index in [1.54, 1.807) is 19.1 Å². The van der Waals surface area contributed by atoms with Gasteiger partial charge in [-0.1, -0.05) is 25.8 Å². The van der Waals surface area contributed by atoms with Crippen LogP contribution >= 0.6 is 0 Å². The third-order valence-corrected chi connectivity index (χ3v) is 4.34. The molecule has 0 spiro atoms. The highest BCUT2D eigenvalue weighted by Crippen LogP contribution is 2.37. The van der Waals surface area contributed by atoms with E-state index in [2.05, 4.69) is 17.2 Å². The van der Waals surface area contributed by atoms with Gasteiger partial charge in [0.25, 0.3) is 0 Å². The molecule has 2 atom stereocenters. The summed E-state index contributed by atoms with van der Waals surface area (Å²) in [5, 5.41) is 2.76. The smallest absolute Gasteiger partial charge is 0.341 e. The Labute approximate surface area is 146 Å². The molecule has 2 amide bonds. The van der Waals surface area contributed by atoms with Crippen molar-refractivity contribution in [1.82, 2.24) is 5.32 Å². The Morgan fingerprint density at radius 3 is 2.92 bits per heavy atom. The van der Waals surface area contributed by atoms with Crippen LogP contribution in [-0.2, 0) is 9.53 Å². The molecule has 7 nitrogen and oxygen atoms in total. The number of fused-ring (bicyclic) bond motifs is 1. The molecule has 0 fully saturated rings. The summed E-state index contributed by atoms with van der Waals surface area (Å²) in [6, 6.07) is 4.36. The zero-order chi connectivity index (χ0) is 17.8. The number of amides is 2. The quantitative estimate of drug-likeness (QED) is 0.632. The number of nitrogens with zero attached hydrogens (tertiary/aromatic N) is 1. The van der Waals surface area contributed by atoms with Gasteiger partial charge in [-0.2, -0.15) is 0 Å². The molecule has 0 saturated carbocycles. The fourth-order valence-corrected chi connectivity index (χ4v) is 3.02. The summed E-state index contributed by atoms with van der Waals surface area (Å²) in [5.41, 5.74) is 1.20. The van der Waals surface area contributed by atoms with Gasteiger partial charge in [-0.05, 0) is 31.0 Å². The first-order chi connectivity index (χ1) is 12.1. The molecule has 1 N–H and O–H groups in total. The lowest BCUT2D eigenvalue weighted by Crippen LogP contribution is -2.44. The predicted octanol–water partition coefficient (Wildman–Crippen LogP) is 2.99. The number of carbonyl (C=O) groups excluding carboxylic acids is 2. The molecular weight excluding hydrogens is 324 g/mol. The Morgan fingerprint density at radius 2 is 2.12 bits per heavy atom. The number of carbonyl (C=O) groups is 2. The van der Waals surface area contributed by atoms with Crippen molar-refractivity contribution in [3.05, 3.63) is 23.8 Å². The number of esters is 1. The lowest BCUT2D eigenvalue weighted by molar-refractivity contribution is -0.147. The number of unbranched alkanes of at least 4 members (excludes halogenated alkanes) is 2. The van der Waals surface area contributed by atoms with E-state index in [4.69, 9.17) is 14.2 Å². The number of nitrogens with one attached hydrogen (secondary N) is 1. The van der Waals surface area contributed by atoms with E-state index in [-0.39, 0.29) is 12.8 Å². The van der Waals surface area contributed by atoms with E-state index in [9.17, 15) is 9.59 Å². The van der Waals surface area contributed by atoms with Crippen molar-refractivity contribution in [2.45, 2.75) is 39.2 Å². The fourth-order valence-electron chi connectivity index (χ4n) is 3.02. The van der Waals surface area contributed by atoms with Crippen molar-refractivity contribution in [2.75, 3.05) is 13.4 Å². The Morgan fingerprint density at radius 1 is 1.32 bits per heavy atom. The molecule has 7 heteroatoms. The molecule has 0 saturated heterocycles. The molecular formula is C18H22N2O5. The number of hydrogen-bond donors (Lipinski definition) is 1. The number of urea groups is 1. The van der Waals surface area contributed by atoms with Crippen molar-refractivity contribution >= 4 is 17.7 Å². The highest BCUT2D eigenvalue weighted by molar-refractivity contribution is 6.08. The van der Waals surface area contributed by atoms with Crippen molar-refractivity contribution in [3.63, 3.8) is 0 Å². The largest absolute Gasteiger partial charge is 0.465 e.